The van der Waals surface area contributed by atoms with E-state index in [1.54, 1.807) is 6.07 Å². The van der Waals surface area contributed by atoms with Crippen LogP contribution < -0.4 is 14.2 Å². The van der Waals surface area contributed by atoms with Crippen molar-refractivity contribution >= 4 is 27.9 Å². The SMILES string of the molecule is COc1cccc(/C=C/C(=O)c2ccc(S(=O)(=O)NCCC(=O)O)cc2)c1OC(F)F. The van der Waals surface area contributed by atoms with Gasteiger partial charge in [0.25, 0.3) is 0 Å². The number of nitrogens with one attached hydrogen (secondary N) is 1. The summed E-state index contributed by atoms with van der Waals surface area (Å²) in [4.78, 5) is 22.7. The first-order valence-electron chi connectivity index (χ1n) is 8.80. The van der Waals surface area contributed by atoms with Crippen molar-refractivity contribution in [3.8, 4) is 11.5 Å². The fourth-order valence-corrected chi connectivity index (χ4v) is 3.51. The number of ketones is 1. The van der Waals surface area contributed by atoms with Crippen molar-refractivity contribution in [2.45, 2.75) is 17.9 Å². The molecule has 2 aromatic rings. The van der Waals surface area contributed by atoms with Gasteiger partial charge in [0.05, 0.1) is 18.4 Å². The first-order valence-corrected chi connectivity index (χ1v) is 10.3. The molecule has 0 radical (unpaired) electrons. The molecule has 2 N–H and O–H groups in total. The predicted molar refractivity (Wildman–Crippen MR) is 107 cm³/mol. The van der Waals surface area contributed by atoms with Gasteiger partial charge < -0.3 is 14.6 Å². The molecule has 0 atom stereocenters. The molecule has 0 amide bonds. The molecule has 0 saturated carbocycles. The Labute approximate surface area is 177 Å². The summed E-state index contributed by atoms with van der Waals surface area (Å²) in [7, 11) is -2.63. The number of carbonyl (C=O) groups excluding carboxylic acids is 1. The number of rotatable bonds is 11. The van der Waals surface area contributed by atoms with E-state index in [0.29, 0.717) is 0 Å². The molecular formula is C20H19F2NO7S. The number of alkyl halides is 2. The van der Waals surface area contributed by atoms with Gasteiger partial charge in [-0.1, -0.05) is 12.1 Å². The summed E-state index contributed by atoms with van der Waals surface area (Å²) in [6.07, 6.45) is 2.03. The first kappa shape index (κ1) is 24.0. The maximum absolute atomic E-state index is 12.7. The molecule has 0 unspecified atom stereocenters. The molecule has 2 aromatic carbocycles. The number of hydrogen-bond acceptors (Lipinski definition) is 6. The van der Waals surface area contributed by atoms with Crippen molar-refractivity contribution in [2.75, 3.05) is 13.7 Å². The maximum atomic E-state index is 12.7. The van der Waals surface area contributed by atoms with Gasteiger partial charge in [0.15, 0.2) is 17.3 Å². The van der Waals surface area contributed by atoms with E-state index in [2.05, 4.69) is 9.46 Å². The summed E-state index contributed by atoms with van der Waals surface area (Å²) >= 11 is 0. The Hall–Kier alpha value is -3.31. The molecule has 0 aliphatic carbocycles. The van der Waals surface area contributed by atoms with Crippen LogP contribution in [-0.4, -0.2) is 45.5 Å². The molecule has 8 nitrogen and oxygen atoms in total. The third-order valence-corrected chi connectivity index (χ3v) is 5.41. The largest absolute Gasteiger partial charge is 0.493 e. The van der Waals surface area contributed by atoms with Gasteiger partial charge in [0.1, 0.15) is 0 Å². The number of carboxylic acid groups (broad SMARTS) is 1. The van der Waals surface area contributed by atoms with Crippen molar-refractivity contribution in [1.82, 2.24) is 4.72 Å². The van der Waals surface area contributed by atoms with Gasteiger partial charge in [0, 0.05) is 17.7 Å². The van der Waals surface area contributed by atoms with Crippen LogP contribution in [0.2, 0.25) is 0 Å². The third kappa shape index (κ3) is 6.86. The fraction of sp³-hybridized carbons (Fsp3) is 0.200. The van der Waals surface area contributed by atoms with Crippen LogP contribution in [0.25, 0.3) is 6.08 Å². The van der Waals surface area contributed by atoms with E-state index in [1.165, 1.54) is 49.6 Å². The van der Waals surface area contributed by atoms with Crippen molar-refractivity contribution in [1.29, 1.82) is 0 Å². The number of methoxy groups -OCH3 is 1. The summed E-state index contributed by atoms with van der Waals surface area (Å²) in [6.45, 7) is -3.36. The molecule has 0 bridgehead atoms. The lowest BCUT2D eigenvalue weighted by molar-refractivity contribution is -0.136. The van der Waals surface area contributed by atoms with Crippen LogP contribution in [0.5, 0.6) is 11.5 Å². The third-order valence-electron chi connectivity index (χ3n) is 3.93. The number of benzene rings is 2. The molecule has 31 heavy (non-hydrogen) atoms. The van der Waals surface area contributed by atoms with Crippen molar-refractivity contribution in [3.63, 3.8) is 0 Å². The lowest BCUT2D eigenvalue weighted by atomic mass is 10.1. The molecule has 0 spiro atoms. The zero-order chi connectivity index (χ0) is 23.0. The molecule has 0 heterocycles. The Morgan fingerprint density at radius 3 is 2.42 bits per heavy atom. The molecule has 0 saturated heterocycles. The van der Waals surface area contributed by atoms with E-state index in [1.807, 2.05) is 0 Å². The van der Waals surface area contributed by atoms with E-state index < -0.39 is 28.4 Å². The van der Waals surface area contributed by atoms with Gasteiger partial charge in [0.2, 0.25) is 10.0 Å². The first-order chi connectivity index (χ1) is 14.6. The van der Waals surface area contributed by atoms with Crippen LogP contribution in [0.3, 0.4) is 0 Å². The second-order valence-electron chi connectivity index (χ2n) is 6.02. The molecule has 0 fully saturated rings. The highest BCUT2D eigenvalue weighted by Gasteiger charge is 2.16. The Morgan fingerprint density at radius 2 is 1.84 bits per heavy atom. The Kier molecular flexibility index (Phi) is 8.22. The minimum atomic E-state index is -3.92. The number of ether oxygens (including phenoxy) is 2. The predicted octanol–water partition coefficient (Wildman–Crippen LogP) is 2.95. The normalized spacial score (nSPS) is 11.6. The number of allylic oxidation sites excluding steroid dienone is 1. The van der Waals surface area contributed by atoms with Crippen LogP contribution in [0.1, 0.15) is 22.3 Å². The highest BCUT2D eigenvalue weighted by molar-refractivity contribution is 7.89. The number of aliphatic carboxylic acids is 1. The summed E-state index contributed by atoms with van der Waals surface area (Å²) in [6, 6.07) is 9.38. The van der Waals surface area contributed by atoms with Crippen LogP contribution in [-0.2, 0) is 14.8 Å². The second kappa shape index (κ2) is 10.6. The van der Waals surface area contributed by atoms with E-state index in [9.17, 15) is 26.8 Å². The summed E-state index contributed by atoms with van der Waals surface area (Å²) in [5.41, 5.74) is 0.342. The number of carbonyl (C=O) groups is 2. The highest BCUT2D eigenvalue weighted by Crippen LogP contribution is 2.33. The minimum Gasteiger partial charge on any atom is -0.493 e. The topological polar surface area (TPSA) is 119 Å². The van der Waals surface area contributed by atoms with Crippen LogP contribution >= 0.6 is 0 Å². The summed E-state index contributed by atoms with van der Waals surface area (Å²) < 4.78 is 61.2. The Morgan fingerprint density at radius 1 is 1.16 bits per heavy atom. The van der Waals surface area contributed by atoms with Gasteiger partial charge >= 0.3 is 12.6 Å². The lowest BCUT2D eigenvalue weighted by Crippen LogP contribution is -2.26. The number of halogens is 2. The maximum Gasteiger partial charge on any atom is 0.387 e. The van der Waals surface area contributed by atoms with E-state index in [0.717, 1.165) is 6.08 Å². The van der Waals surface area contributed by atoms with E-state index >= 15 is 0 Å². The molecule has 166 valence electrons. The van der Waals surface area contributed by atoms with Gasteiger partial charge in [-0.3, -0.25) is 9.59 Å². The van der Waals surface area contributed by atoms with Gasteiger partial charge in [-0.25, -0.2) is 13.1 Å². The Bertz CT molecular complexity index is 1070. The smallest absolute Gasteiger partial charge is 0.387 e. The van der Waals surface area contributed by atoms with Crippen LogP contribution in [0.4, 0.5) is 8.78 Å². The minimum absolute atomic E-state index is 0.0693. The highest BCUT2D eigenvalue weighted by atomic mass is 32.2. The molecule has 11 heteroatoms. The van der Waals surface area contributed by atoms with Gasteiger partial charge in [-0.15, -0.1) is 0 Å². The quantitative estimate of drug-likeness (QED) is 0.395. The van der Waals surface area contributed by atoms with E-state index in [4.69, 9.17) is 9.84 Å². The molecule has 0 aliphatic heterocycles. The van der Waals surface area contributed by atoms with Crippen molar-refractivity contribution in [2.24, 2.45) is 0 Å². The van der Waals surface area contributed by atoms with E-state index in [-0.39, 0.29) is 40.5 Å². The molecular weight excluding hydrogens is 436 g/mol. The zero-order valence-electron chi connectivity index (χ0n) is 16.2. The molecule has 0 aromatic heterocycles. The Balaban J connectivity index is 2.16. The van der Waals surface area contributed by atoms with Gasteiger partial charge in [-0.05, 0) is 42.5 Å². The zero-order valence-corrected chi connectivity index (χ0v) is 17.1. The molecule has 2 rings (SSSR count). The van der Waals surface area contributed by atoms with Crippen LogP contribution in [0.15, 0.2) is 53.4 Å². The standard InChI is InChI=1S/C20H19F2NO7S/c1-29-17-4-2-3-14(19(17)30-20(21)22)7-10-16(24)13-5-8-15(9-6-13)31(27,28)23-12-11-18(25)26/h2-10,20,23H,11-12H2,1H3,(H,25,26)/b10-7+. The average Bonchev–Trinajstić information content (AvgIpc) is 2.72. The average molecular weight is 455 g/mol. The number of carboxylic acids is 1. The van der Waals surface area contributed by atoms with Crippen molar-refractivity contribution < 1.29 is 41.4 Å². The number of hydrogen-bond donors (Lipinski definition) is 2. The van der Waals surface area contributed by atoms with Crippen LogP contribution in [0, 0.1) is 0 Å². The fourth-order valence-electron chi connectivity index (χ4n) is 2.48. The van der Waals surface area contributed by atoms with Crippen molar-refractivity contribution in [3.05, 3.63) is 59.7 Å². The number of sulfonamides is 1. The monoisotopic (exact) mass is 455 g/mol. The second-order valence-corrected chi connectivity index (χ2v) is 7.79. The summed E-state index contributed by atoms with van der Waals surface area (Å²) in [5.74, 6) is -1.81. The molecule has 0 aliphatic rings. The lowest BCUT2D eigenvalue weighted by Gasteiger charge is -2.12. The van der Waals surface area contributed by atoms with Gasteiger partial charge in [-0.2, -0.15) is 8.78 Å². The number of para-hydroxylation sites is 1. The summed E-state index contributed by atoms with van der Waals surface area (Å²) in [5, 5.41) is 8.57.